The molecule has 6 heteroatoms. The Hall–Kier alpha value is -2.86. The number of carbonyl (C=O) groups is 2. The molecule has 2 aromatic carbocycles. The maximum atomic E-state index is 12.6. The minimum Gasteiger partial charge on any atom is -0.371 e. The maximum absolute atomic E-state index is 12.6. The van der Waals surface area contributed by atoms with E-state index < -0.39 is 0 Å². The van der Waals surface area contributed by atoms with Crippen LogP contribution in [0.1, 0.15) is 48.7 Å². The van der Waals surface area contributed by atoms with Gasteiger partial charge in [0, 0.05) is 63.5 Å². The standard InChI is InChI=1S/C26H34N4O2/c1-20(22-6-4-3-5-7-22)27-26(32)23-8-10-24(11-9-23)29-14-12-25(13-15-29)30-18-16-28(17-19-30)21(2)31/h3-11,20,25H,12-19H2,1-2H3,(H,27,32). The minimum atomic E-state index is -0.0451. The topological polar surface area (TPSA) is 55.9 Å². The van der Waals surface area contributed by atoms with E-state index in [1.54, 1.807) is 6.92 Å². The van der Waals surface area contributed by atoms with E-state index in [9.17, 15) is 9.59 Å². The van der Waals surface area contributed by atoms with Crippen molar-refractivity contribution in [1.82, 2.24) is 15.1 Å². The van der Waals surface area contributed by atoms with Crippen molar-refractivity contribution in [2.24, 2.45) is 0 Å². The number of carbonyl (C=O) groups excluding carboxylic acids is 2. The zero-order valence-corrected chi connectivity index (χ0v) is 19.2. The van der Waals surface area contributed by atoms with Gasteiger partial charge in [-0.2, -0.15) is 0 Å². The molecule has 1 atom stereocenters. The fraction of sp³-hybridized carbons (Fsp3) is 0.462. The summed E-state index contributed by atoms with van der Waals surface area (Å²) < 4.78 is 0. The number of nitrogens with one attached hydrogen (secondary N) is 1. The first-order valence-corrected chi connectivity index (χ1v) is 11.7. The van der Waals surface area contributed by atoms with Crippen molar-refractivity contribution < 1.29 is 9.59 Å². The van der Waals surface area contributed by atoms with Crippen LogP contribution in [0.25, 0.3) is 0 Å². The van der Waals surface area contributed by atoms with Crippen molar-refractivity contribution in [3.8, 4) is 0 Å². The fourth-order valence-corrected chi connectivity index (χ4v) is 4.82. The molecule has 6 nitrogen and oxygen atoms in total. The van der Waals surface area contributed by atoms with Crippen LogP contribution in [0.3, 0.4) is 0 Å². The number of hydrogen-bond donors (Lipinski definition) is 1. The normalized spacial score (nSPS) is 18.9. The summed E-state index contributed by atoms with van der Waals surface area (Å²) in [6.07, 6.45) is 2.27. The van der Waals surface area contributed by atoms with Gasteiger partial charge in [0.05, 0.1) is 6.04 Å². The Morgan fingerprint density at radius 3 is 2.09 bits per heavy atom. The molecule has 32 heavy (non-hydrogen) atoms. The zero-order valence-electron chi connectivity index (χ0n) is 19.2. The first-order chi connectivity index (χ1) is 15.5. The Morgan fingerprint density at radius 1 is 0.875 bits per heavy atom. The van der Waals surface area contributed by atoms with Crippen molar-refractivity contribution in [3.63, 3.8) is 0 Å². The van der Waals surface area contributed by atoms with E-state index in [0.717, 1.165) is 57.7 Å². The highest BCUT2D eigenvalue weighted by atomic mass is 16.2. The molecular weight excluding hydrogens is 400 g/mol. The fourth-order valence-electron chi connectivity index (χ4n) is 4.82. The third kappa shape index (κ3) is 5.30. The van der Waals surface area contributed by atoms with Gasteiger partial charge in [-0.05, 0) is 49.6 Å². The lowest BCUT2D eigenvalue weighted by Gasteiger charge is -2.43. The molecule has 1 N–H and O–H groups in total. The highest BCUT2D eigenvalue weighted by Gasteiger charge is 2.28. The lowest BCUT2D eigenvalue weighted by atomic mass is 10.0. The first kappa shape index (κ1) is 22.3. The van der Waals surface area contributed by atoms with Crippen molar-refractivity contribution in [2.75, 3.05) is 44.2 Å². The molecule has 2 aliphatic rings. The molecule has 2 aliphatic heterocycles. The summed E-state index contributed by atoms with van der Waals surface area (Å²) in [5, 5.41) is 3.08. The van der Waals surface area contributed by atoms with Crippen LogP contribution in [-0.4, -0.2) is 66.9 Å². The SMILES string of the molecule is CC(=O)N1CCN(C2CCN(c3ccc(C(=O)NC(C)c4ccccc4)cc3)CC2)CC1. The highest BCUT2D eigenvalue weighted by Crippen LogP contribution is 2.24. The molecule has 0 saturated carbocycles. The lowest BCUT2D eigenvalue weighted by molar-refractivity contribution is -0.130. The predicted octanol–water partition coefficient (Wildman–Crippen LogP) is 3.31. The van der Waals surface area contributed by atoms with Crippen molar-refractivity contribution in [2.45, 2.75) is 38.8 Å². The van der Waals surface area contributed by atoms with E-state index in [4.69, 9.17) is 0 Å². The van der Waals surface area contributed by atoms with E-state index >= 15 is 0 Å². The molecule has 0 aromatic heterocycles. The Morgan fingerprint density at radius 2 is 1.50 bits per heavy atom. The van der Waals surface area contributed by atoms with Gasteiger partial charge in [-0.3, -0.25) is 14.5 Å². The van der Waals surface area contributed by atoms with Crippen LogP contribution < -0.4 is 10.2 Å². The van der Waals surface area contributed by atoms with Gasteiger partial charge in [0.1, 0.15) is 0 Å². The zero-order chi connectivity index (χ0) is 22.5. The van der Waals surface area contributed by atoms with Gasteiger partial charge >= 0.3 is 0 Å². The number of rotatable bonds is 5. The molecule has 2 amide bonds. The quantitative estimate of drug-likeness (QED) is 0.785. The Bertz CT molecular complexity index is 899. The summed E-state index contributed by atoms with van der Waals surface area (Å²) in [7, 11) is 0. The number of piperidine rings is 1. The van der Waals surface area contributed by atoms with E-state index in [1.165, 1.54) is 5.69 Å². The van der Waals surface area contributed by atoms with E-state index in [0.29, 0.717) is 11.6 Å². The van der Waals surface area contributed by atoms with Crippen molar-refractivity contribution >= 4 is 17.5 Å². The summed E-state index contributed by atoms with van der Waals surface area (Å²) >= 11 is 0. The van der Waals surface area contributed by atoms with Crippen LogP contribution in [0.5, 0.6) is 0 Å². The Balaban J connectivity index is 1.27. The van der Waals surface area contributed by atoms with Crippen molar-refractivity contribution in [3.05, 3.63) is 65.7 Å². The molecule has 0 radical (unpaired) electrons. The van der Waals surface area contributed by atoms with Gasteiger partial charge in [0.15, 0.2) is 0 Å². The van der Waals surface area contributed by atoms with Gasteiger partial charge in [0.25, 0.3) is 5.91 Å². The second-order valence-corrected chi connectivity index (χ2v) is 8.91. The second kappa shape index (κ2) is 10.2. The minimum absolute atomic E-state index is 0.0280. The summed E-state index contributed by atoms with van der Waals surface area (Å²) in [4.78, 5) is 31.1. The lowest BCUT2D eigenvalue weighted by Crippen LogP contribution is -2.54. The van der Waals surface area contributed by atoms with E-state index in [2.05, 4.69) is 27.2 Å². The summed E-state index contributed by atoms with van der Waals surface area (Å²) in [5.41, 5.74) is 2.97. The molecule has 2 heterocycles. The predicted molar refractivity (Wildman–Crippen MR) is 128 cm³/mol. The van der Waals surface area contributed by atoms with Gasteiger partial charge in [0.2, 0.25) is 5.91 Å². The number of hydrogen-bond acceptors (Lipinski definition) is 4. The largest absolute Gasteiger partial charge is 0.371 e. The molecule has 4 rings (SSSR count). The van der Waals surface area contributed by atoms with Gasteiger partial charge in [-0.25, -0.2) is 0 Å². The summed E-state index contributed by atoms with van der Waals surface area (Å²) in [5.74, 6) is 0.141. The van der Waals surface area contributed by atoms with Gasteiger partial charge in [-0.15, -0.1) is 0 Å². The molecule has 2 saturated heterocycles. The molecule has 1 unspecified atom stereocenters. The number of piperazine rings is 1. The van der Waals surface area contributed by atoms with E-state index in [1.807, 2.05) is 54.3 Å². The van der Waals surface area contributed by atoms with Crippen LogP contribution in [0, 0.1) is 0 Å². The van der Waals surface area contributed by atoms with Crippen LogP contribution in [0.2, 0.25) is 0 Å². The number of amides is 2. The average molecular weight is 435 g/mol. The number of nitrogens with zero attached hydrogens (tertiary/aromatic N) is 3. The summed E-state index contributed by atoms with van der Waals surface area (Å²) in [6, 6.07) is 18.6. The molecule has 170 valence electrons. The molecular formula is C26H34N4O2. The van der Waals surface area contributed by atoms with Gasteiger partial charge in [-0.1, -0.05) is 30.3 Å². The Labute approximate surface area is 191 Å². The van der Waals surface area contributed by atoms with E-state index in [-0.39, 0.29) is 17.9 Å². The molecule has 0 spiro atoms. The molecule has 0 bridgehead atoms. The summed E-state index contributed by atoms with van der Waals surface area (Å²) in [6.45, 7) is 9.37. The van der Waals surface area contributed by atoms with Gasteiger partial charge < -0.3 is 15.1 Å². The molecule has 0 aliphatic carbocycles. The van der Waals surface area contributed by atoms with Crippen LogP contribution >= 0.6 is 0 Å². The number of benzene rings is 2. The third-order valence-electron chi connectivity index (χ3n) is 6.88. The number of anilines is 1. The second-order valence-electron chi connectivity index (χ2n) is 8.91. The first-order valence-electron chi connectivity index (χ1n) is 11.7. The van der Waals surface area contributed by atoms with Crippen LogP contribution in [-0.2, 0) is 4.79 Å². The smallest absolute Gasteiger partial charge is 0.251 e. The maximum Gasteiger partial charge on any atom is 0.251 e. The van der Waals surface area contributed by atoms with Crippen molar-refractivity contribution in [1.29, 1.82) is 0 Å². The van der Waals surface area contributed by atoms with Crippen LogP contribution in [0.15, 0.2) is 54.6 Å². The molecule has 2 fully saturated rings. The van der Waals surface area contributed by atoms with Crippen LogP contribution in [0.4, 0.5) is 5.69 Å². The third-order valence-corrected chi connectivity index (χ3v) is 6.88. The molecule has 2 aromatic rings. The highest BCUT2D eigenvalue weighted by molar-refractivity contribution is 5.94. The monoisotopic (exact) mass is 434 g/mol. The Kier molecular flexibility index (Phi) is 7.10. The average Bonchev–Trinajstić information content (AvgIpc) is 2.85.